The third kappa shape index (κ3) is 6.50. The van der Waals surface area contributed by atoms with Gasteiger partial charge in [-0.25, -0.2) is 16.8 Å². The van der Waals surface area contributed by atoms with Crippen molar-refractivity contribution in [3.63, 3.8) is 0 Å². The molecule has 1 fully saturated rings. The zero-order valence-corrected chi connectivity index (χ0v) is 23.7. The smallest absolute Gasteiger partial charge is 0.261 e. The van der Waals surface area contributed by atoms with Crippen LogP contribution >= 0.6 is 23.2 Å². The topological polar surface area (TPSA) is 113 Å². The molecule has 3 aromatic rings. The number of rotatable bonds is 7. The molecule has 4 rings (SSSR count). The minimum Gasteiger partial charge on any atom is -0.322 e. The van der Waals surface area contributed by atoms with Gasteiger partial charge in [0, 0.05) is 23.8 Å². The van der Waals surface area contributed by atoms with Crippen LogP contribution in [0.3, 0.4) is 0 Å². The molecule has 0 saturated carbocycles. The second-order valence-electron chi connectivity index (χ2n) is 9.01. The van der Waals surface area contributed by atoms with E-state index in [9.17, 15) is 21.6 Å². The van der Waals surface area contributed by atoms with Crippen molar-refractivity contribution in [3.8, 4) is 0 Å². The summed E-state index contributed by atoms with van der Waals surface area (Å²) in [6.07, 6.45) is 3.55. The molecular formula is C26H27Cl2N3O5S2. The van der Waals surface area contributed by atoms with Crippen LogP contribution in [-0.2, 0) is 20.0 Å². The molecule has 0 unspecified atom stereocenters. The van der Waals surface area contributed by atoms with Crippen LogP contribution in [0, 0.1) is 6.92 Å². The first-order valence-corrected chi connectivity index (χ1v) is 15.7. The molecule has 1 saturated heterocycles. The van der Waals surface area contributed by atoms with E-state index in [1.54, 1.807) is 12.1 Å². The van der Waals surface area contributed by atoms with E-state index < -0.39 is 26.0 Å². The first-order chi connectivity index (χ1) is 18.0. The van der Waals surface area contributed by atoms with Crippen LogP contribution in [0.15, 0.2) is 70.5 Å². The van der Waals surface area contributed by atoms with Crippen LogP contribution in [0.1, 0.15) is 41.6 Å². The second-order valence-corrected chi connectivity index (χ2v) is 13.4. The lowest BCUT2D eigenvalue weighted by molar-refractivity contribution is 0.102. The molecule has 0 radical (unpaired) electrons. The average molecular weight is 597 g/mol. The SMILES string of the molecule is Cc1ccc(NS(=O)(=O)c2ccc(NC(=O)c3cc(S(=O)(=O)N4CCCCCC4)ccc3Cl)cc2)cc1Cl. The number of benzene rings is 3. The molecule has 202 valence electrons. The summed E-state index contributed by atoms with van der Waals surface area (Å²) in [5.41, 5.74) is 1.45. The summed E-state index contributed by atoms with van der Waals surface area (Å²) in [5.74, 6) is -0.619. The molecule has 0 atom stereocenters. The van der Waals surface area contributed by atoms with Gasteiger partial charge in [-0.15, -0.1) is 0 Å². The van der Waals surface area contributed by atoms with Crippen molar-refractivity contribution in [2.45, 2.75) is 42.4 Å². The van der Waals surface area contributed by atoms with Crippen LogP contribution in [0.25, 0.3) is 0 Å². The van der Waals surface area contributed by atoms with Crippen LogP contribution in [0.5, 0.6) is 0 Å². The lowest BCUT2D eigenvalue weighted by Gasteiger charge is -2.20. The Morgan fingerprint density at radius 3 is 2.00 bits per heavy atom. The van der Waals surface area contributed by atoms with E-state index in [-0.39, 0.29) is 20.4 Å². The highest BCUT2D eigenvalue weighted by Crippen LogP contribution is 2.27. The number of halogens is 2. The number of hydrogen-bond acceptors (Lipinski definition) is 5. The first kappa shape index (κ1) is 28.4. The number of carbonyl (C=O) groups is 1. The number of sulfonamides is 2. The Labute approximate surface area is 233 Å². The fraction of sp³-hybridized carbons (Fsp3) is 0.269. The average Bonchev–Trinajstić information content (AvgIpc) is 3.17. The van der Waals surface area contributed by atoms with E-state index in [1.165, 1.54) is 52.8 Å². The van der Waals surface area contributed by atoms with Crippen molar-refractivity contribution in [1.29, 1.82) is 0 Å². The normalized spacial score (nSPS) is 15.0. The zero-order valence-electron chi connectivity index (χ0n) is 20.6. The van der Waals surface area contributed by atoms with Gasteiger partial charge in [0.25, 0.3) is 15.9 Å². The van der Waals surface area contributed by atoms with E-state index in [0.29, 0.717) is 29.5 Å². The van der Waals surface area contributed by atoms with Crippen molar-refractivity contribution in [2.24, 2.45) is 0 Å². The Morgan fingerprint density at radius 2 is 1.37 bits per heavy atom. The maximum absolute atomic E-state index is 13.2. The molecule has 0 spiro atoms. The highest BCUT2D eigenvalue weighted by molar-refractivity contribution is 7.92. The number of amides is 1. The van der Waals surface area contributed by atoms with Gasteiger partial charge < -0.3 is 5.32 Å². The molecule has 8 nitrogen and oxygen atoms in total. The minimum absolute atomic E-state index is 0.00215. The van der Waals surface area contributed by atoms with Gasteiger partial charge in [0.1, 0.15) is 0 Å². The van der Waals surface area contributed by atoms with E-state index in [4.69, 9.17) is 23.2 Å². The molecule has 1 heterocycles. The molecule has 0 aliphatic carbocycles. The minimum atomic E-state index is -3.90. The van der Waals surface area contributed by atoms with E-state index in [1.807, 2.05) is 6.92 Å². The molecule has 1 aliphatic rings. The number of nitrogens with one attached hydrogen (secondary N) is 2. The monoisotopic (exact) mass is 595 g/mol. The summed E-state index contributed by atoms with van der Waals surface area (Å²) in [6.45, 7) is 2.69. The third-order valence-electron chi connectivity index (χ3n) is 6.23. The third-order valence-corrected chi connectivity index (χ3v) is 10.3. The van der Waals surface area contributed by atoms with Crippen molar-refractivity contribution in [1.82, 2.24) is 4.31 Å². The number of aryl methyl sites for hydroxylation is 1. The summed E-state index contributed by atoms with van der Waals surface area (Å²) in [6, 6.07) is 14.4. The number of anilines is 2. The quantitative estimate of drug-likeness (QED) is 0.352. The highest BCUT2D eigenvalue weighted by Gasteiger charge is 2.27. The fourth-order valence-corrected chi connectivity index (χ4v) is 7.03. The van der Waals surface area contributed by atoms with E-state index >= 15 is 0 Å². The van der Waals surface area contributed by atoms with Gasteiger partial charge >= 0.3 is 0 Å². The Hall–Kier alpha value is -2.63. The highest BCUT2D eigenvalue weighted by atomic mass is 35.5. The lowest BCUT2D eigenvalue weighted by Crippen LogP contribution is -2.32. The van der Waals surface area contributed by atoms with Gasteiger partial charge in [-0.2, -0.15) is 4.31 Å². The number of hydrogen-bond donors (Lipinski definition) is 2. The first-order valence-electron chi connectivity index (χ1n) is 12.0. The molecule has 1 aliphatic heterocycles. The van der Waals surface area contributed by atoms with Crippen molar-refractivity contribution in [2.75, 3.05) is 23.1 Å². The molecule has 3 aromatic carbocycles. The van der Waals surface area contributed by atoms with Crippen molar-refractivity contribution < 1.29 is 21.6 Å². The van der Waals surface area contributed by atoms with Crippen molar-refractivity contribution >= 4 is 60.5 Å². The lowest BCUT2D eigenvalue weighted by atomic mass is 10.2. The molecule has 38 heavy (non-hydrogen) atoms. The molecule has 2 N–H and O–H groups in total. The van der Waals surface area contributed by atoms with Gasteiger partial charge in [0.15, 0.2) is 0 Å². The summed E-state index contributed by atoms with van der Waals surface area (Å²) in [5, 5.41) is 3.18. The predicted molar refractivity (Wildman–Crippen MR) is 150 cm³/mol. The summed E-state index contributed by atoms with van der Waals surface area (Å²) >= 11 is 12.3. The Morgan fingerprint density at radius 1 is 0.763 bits per heavy atom. The van der Waals surface area contributed by atoms with Crippen LogP contribution in [0.4, 0.5) is 11.4 Å². The summed E-state index contributed by atoms with van der Waals surface area (Å²) < 4.78 is 55.8. The summed E-state index contributed by atoms with van der Waals surface area (Å²) in [4.78, 5) is 13.0. The standard InChI is InChI=1S/C26H27Cl2N3O5S2/c1-18-6-7-20(16-25(18)28)30-37(33,34)21-10-8-19(9-11-21)29-26(32)23-17-22(12-13-24(23)27)38(35,36)31-14-4-2-3-5-15-31/h6-13,16-17,30H,2-5,14-15H2,1H3,(H,29,32). The maximum atomic E-state index is 13.2. The van der Waals surface area contributed by atoms with E-state index in [2.05, 4.69) is 10.0 Å². The van der Waals surface area contributed by atoms with Gasteiger partial charge in [0.2, 0.25) is 10.0 Å². The van der Waals surface area contributed by atoms with Gasteiger partial charge in [0.05, 0.1) is 26.1 Å². The Bertz CT molecular complexity index is 1550. The van der Waals surface area contributed by atoms with Crippen LogP contribution < -0.4 is 10.0 Å². The zero-order chi connectivity index (χ0) is 27.5. The van der Waals surface area contributed by atoms with Crippen molar-refractivity contribution in [3.05, 3.63) is 81.8 Å². The molecule has 0 aromatic heterocycles. The summed E-state index contributed by atoms with van der Waals surface area (Å²) in [7, 11) is -7.67. The number of nitrogens with zero attached hydrogens (tertiary/aromatic N) is 1. The largest absolute Gasteiger partial charge is 0.322 e. The number of carbonyl (C=O) groups excluding carboxylic acids is 1. The predicted octanol–water partition coefficient (Wildman–Crippen LogP) is 5.92. The van der Waals surface area contributed by atoms with Crippen LogP contribution in [0.2, 0.25) is 10.0 Å². The molecule has 12 heteroatoms. The Balaban J connectivity index is 1.50. The second kappa shape index (κ2) is 11.6. The van der Waals surface area contributed by atoms with Gasteiger partial charge in [-0.1, -0.05) is 42.1 Å². The molecule has 0 bridgehead atoms. The van der Waals surface area contributed by atoms with Crippen LogP contribution in [-0.4, -0.2) is 40.1 Å². The molecular weight excluding hydrogens is 569 g/mol. The molecule has 1 amide bonds. The Kier molecular flexibility index (Phi) is 8.68. The fourth-order valence-electron chi connectivity index (χ4n) is 4.06. The van der Waals surface area contributed by atoms with Gasteiger partial charge in [-0.05, 0) is 79.9 Å². The van der Waals surface area contributed by atoms with Gasteiger partial charge in [-0.3, -0.25) is 9.52 Å². The maximum Gasteiger partial charge on any atom is 0.261 e. The van der Waals surface area contributed by atoms with E-state index in [0.717, 1.165) is 31.2 Å².